The maximum absolute atomic E-state index is 9.38. The molecular weight excluding hydrogens is 430 g/mol. The minimum atomic E-state index is -0.691. The highest BCUT2D eigenvalue weighted by Crippen LogP contribution is 2.28. The summed E-state index contributed by atoms with van der Waals surface area (Å²) < 4.78 is 4.65. The molecule has 0 aliphatic carbocycles. The minimum Gasteiger partial charge on any atom is -0.311 e. The van der Waals surface area contributed by atoms with E-state index in [1.165, 1.54) is 0 Å². The van der Waals surface area contributed by atoms with Gasteiger partial charge in [0, 0.05) is 16.9 Å². The summed E-state index contributed by atoms with van der Waals surface area (Å²) in [7, 11) is 1.85. The van der Waals surface area contributed by atoms with Gasteiger partial charge in [-0.15, -0.1) is 4.99 Å². The smallest absolute Gasteiger partial charge is 0.226 e. The first-order valence-electron chi connectivity index (χ1n) is 8.84. The van der Waals surface area contributed by atoms with Crippen LogP contribution in [0.4, 0.5) is 0 Å². The molecule has 0 bridgehead atoms. The molecule has 0 atom stereocenters. The Balaban J connectivity index is 2.12. The highest BCUT2D eigenvalue weighted by Gasteiger charge is 2.22. The lowest BCUT2D eigenvalue weighted by atomic mass is 9.91. The van der Waals surface area contributed by atoms with E-state index in [0.29, 0.717) is 11.3 Å². The van der Waals surface area contributed by atoms with Gasteiger partial charge in [0.25, 0.3) is 0 Å². The van der Waals surface area contributed by atoms with Crippen molar-refractivity contribution in [3.8, 4) is 17.9 Å². The molecule has 4 aromatic rings. The van der Waals surface area contributed by atoms with E-state index in [1.807, 2.05) is 66.6 Å². The molecule has 0 unspecified atom stereocenters. The molecule has 142 valence electrons. The van der Waals surface area contributed by atoms with E-state index < -0.39 is 5.41 Å². The van der Waals surface area contributed by atoms with Gasteiger partial charge in [-0.1, -0.05) is 15.9 Å². The number of pyridine rings is 2. The normalized spacial score (nSPS) is 12.3. The van der Waals surface area contributed by atoms with Gasteiger partial charge < -0.3 is 4.57 Å². The van der Waals surface area contributed by atoms with Crippen LogP contribution < -0.4 is 5.62 Å². The molecule has 8 heteroatoms. The van der Waals surface area contributed by atoms with Gasteiger partial charge in [-0.3, -0.25) is 14.5 Å². The van der Waals surface area contributed by atoms with E-state index in [2.05, 4.69) is 37.0 Å². The van der Waals surface area contributed by atoms with Gasteiger partial charge in [-0.25, -0.2) is 0 Å². The van der Waals surface area contributed by atoms with Crippen LogP contribution in [-0.2, 0) is 12.5 Å². The van der Waals surface area contributed by atoms with Crippen molar-refractivity contribution in [3.05, 3.63) is 58.5 Å². The number of nitrogens with zero attached hydrogens (tertiary/aromatic N) is 7. The van der Waals surface area contributed by atoms with Gasteiger partial charge in [-0.2, -0.15) is 10.5 Å². The monoisotopic (exact) mass is 445 g/mol. The van der Waals surface area contributed by atoms with Gasteiger partial charge >= 0.3 is 0 Å². The molecule has 3 aromatic heterocycles. The maximum atomic E-state index is 9.38. The Morgan fingerprint density at radius 2 is 1.90 bits per heavy atom. The van der Waals surface area contributed by atoms with Crippen molar-refractivity contribution < 1.29 is 0 Å². The average molecular weight is 446 g/mol. The number of rotatable bonds is 2. The number of fused-ring (bicyclic) bond motifs is 3. The lowest BCUT2D eigenvalue weighted by molar-refractivity contribution is 0.658. The molecule has 0 aliphatic heterocycles. The minimum absolute atomic E-state index is 0.464. The van der Waals surface area contributed by atoms with Crippen molar-refractivity contribution in [3.63, 3.8) is 0 Å². The topological polar surface area (TPSA) is 95.6 Å². The van der Waals surface area contributed by atoms with Gasteiger partial charge in [0.1, 0.15) is 0 Å². The van der Waals surface area contributed by atoms with Crippen LogP contribution in [0.1, 0.15) is 19.5 Å². The van der Waals surface area contributed by atoms with Crippen LogP contribution in [0.5, 0.6) is 0 Å². The fraction of sp³-hybridized carbons (Fsp3) is 0.190. The van der Waals surface area contributed by atoms with E-state index in [1.54, 1.807) is 12.4 Å². The number of aryl methyl sites for hydroxylation is 1. The predicted octanol–water partition coefficient (Wildman–Crippen LogP) is 3.86. The van der Waals surface area contributed by atoms with Gasteiger partial charge in [0.05, 0.1) is 51.8 Å². The van der Waals surface area contributed by atoms with E-state index >= 15 is 0 Å². The molecule has 1 aromatic carbocycles. The van der Waals surface area contributed by atoms with Crippen molar-refractivity contribution in [1.82, 2.24) is 19.1 Å². The SMILES string of the molecule is Cn1/c(=N/C#N)n(-c2ccc(C(C)(C)C#N)nc2)c2c3cc(Br)ccc3ncc21. The predicted molar refractivity (Wildman–Crippen MR) is 113 cm³/mol. The summed E-state index contributed by atoms with van der Waals surface area (Å²) >= 11 is 3.53. The summed E-state index contributed by atoms with van der Waals surface area (Å²) in [6, 6.07) is 11.9. The van der Waals surface area contributed by atoms with Crippen LogP contribution in [0.25, 0.3) is 27.6 Å². The number of benzene rings is 1. The zero-order valence-corrected chi connectivity index (χ0v) is 17.6. The van der Waals surface area contributed by atoms with Gasteiger partial charge in [0.15, 0.2) is 0 Å². The largest absolute Gasteiger partial charge is 0.311 e. The van der Waals surface area contributed by atoms with Crippen LogP contribution in [0.15, 0.2) is 52.2 Å². The Morgan fingerprint density at radius 3 is 2.55 bits per heavy atom. The number of imidazole rings is 1. The standard InChI is InChI=1S/C21H16BrN7/c1-21(2,11-23)18-7-5-14(9-26-18)29-19-15-8-13(22)4-6-16(15)25-10-17(19)28(3)20(29)27-12-24/h4-10H,1-3H3/b27-20-. The lowest BCUT2D eigenvalue weighted by Gasteiger charge is -2.15. The van der Waals surface area contributed by atoms with Crippen LogP contribution >= 0.6 is 15.9 Å². The zero-order chi connectivity index (χ0) is 20.8. The summed E-state index contributed by atoms with van der Waals surface area (Å²) in [6.45, 7) is 3.65. The molecule has 0 spiro atoms. The zero-order valence-electron chi connectivity index (χ0n) is 16.0. The molecule has 7 nitrogen and oxygen atoms in total. The highest BCUT2D eigenvalue weighted by atomic mass is 79.9. The molecule has 0 saturated carbocycles. The number of nitriles is 2. The van der Waals surface area contributed by atoms with E-state index in [-0.39, 0.29) is 0 Å². The number of halogens is 1. The second kappa shape index (κ2) is 6.84. The fourth-order valence-electron chi connectivity index (χ4n) is 3.34. The van der Waals surface area contributed by atoms with Crippen LogP contribution in [0.3, 0.4) is 0 Å². The quantitative estimate of drug-likeness (QED) is 0.437. The van der Waals surface area contributed by atoms with Gasteiger partial charge in [-0.05, 0) is 44.2 Å². The molecule has 3 heterocycles. The van der Waals surface area contributed by atoms with Crippen LogP contribution in [0, 0.1) is 22.8 Å². The molecule has 0 amide bonds. The van der Waals surface area contributed by atoms with E-state index in [9.17, 15) is 10.5 Å². The first kappa shape index (κ1) is 18.9. The Morgan fingerprint density at radius 1 is 1.10 bits per heavy atom. The summed E-state index contributed by atoms with van der Waals surface area (Å²) in [6.07, 6.45) is 5.37. The third-order valence-corrected chi connectivity index (χ3v) is 5.44. The van der Waals surface area contributed by atoms with Crippen molar-refractivity contribution in [2.75, 3.05) is 0 Å². The third kappa shape index (κ3) is 2.98. The second-order valence-corrected chi connectivity index (χ2v) is 8.11. The van der Waals surface area contributed by atoms with Crippen molar-refractivity contribution >= 4 is 37.9 Å². The molecule has 29 heavy (non-hydrogen) atoms. The number of hydrogen-bond acceptors (Lipinski definition) is 5. The van der Waals surface area contributed by atoms with Gasteiger partial charge in [0.2, 0.25) is 11.8 Å². The fourth-order valence-corrected chi connectivity index (χ4v) is 3.70. The highest BCUT2D eigenvalue weighted by molar-refractivity contribution is 9.10. The summed E-state index contributed by atoms with van der Waals surface area (Å²) in [4.78, 5) is 13.1. The maximum Gasteiger partial charge on any atom is 0.226 e. The molecule has 0 fully saturated rings. The number of hydrogen-bond donors (Lipinski definition) is 0. The third-order valence-electron chi connectivity index (χ3n) is 4.94. The van der Waals surface area contributed by atoms with E-state index in [0.717, 1.165) is 32.1 Å². The van der Waals surface area contributed by atoms with Crippen molar-refractivity contribution in [2.45, 2.75) is 19.3 Å². The summed E-state index contributed by atoms with van der Waals surface area (Å²) in [5.74, 6) is 0. The Kier molecular flexibility index (Phi) is 4.45. The Labute approximate surface area is 175 Å². The van der Waals surface area contributed by atoms with Crippen molar-refractivity contribution in [1.29, 1.82) is 10.5 Å². The number of aromatic nitrogens is 4. The van der Waals surface area contributed by atoms with Crippen LogP contribution in [0.2, 0.25) is 0 Å². The second-order valence-electron chi connectivity index (χ2n) is 7.20. The molecule has 0 radical (unpaired) electrons. The van der Waals surface area contributed by atoms with E-state index in [4.69, 9.17) is 0 Å². The summed E-state index contributed by atoms with van der Waals surface area (Å²) in [5.41, 5.74) is 3.74. The lowest BCUT2D eigenvalue weighted by Crippen LogP contribution is -2.23. The Bertz CT molecular complexity index is 1410. The molecule has 0 saturated heterocycles. The first-order valence-corrected chi connectivity index (χ1v) is 9.63. The molecule has 0 aliphatic rings. The van der Waals surface area contributed by atoms with Crippen LogP contribution in [-0.4, -0.2) is 19.1 Å². The molecular formula is C21H16BrN7. The average Bonchev–Trinajstić information content (AvgIpc) is 3.01. The molecule has 0 N–H and O–H groups in total. The molecule has 4 rings (SSSR count). The Hall–Kier alpha value is -3.49. The first-order chi connectivity index (χ1) is 13.9. The van der Waals surface area contributed by atoms with Crippen molar-refractivity contribution in [2.24, 2.45) is 12.0 Å². The summed E-state index contributed by atoms with van der Waals surface area (Å²) in [5, 5.41) is 19.6.